The number of aromatic nitrogens is 1. The molecule has 1 aromatic rings. The molecule has 0 aromatic carbocycles. The molecule has 0 fully saturated rings. The van der Waals surface area contributed by atoms with Crippen LogP contribution in [0, 0.1) is 10.1 Å². The molecular formula is C9H16ClN3O2. The van der Waals surface area contributed by atoms with Crippen molar-refractivity contribution < 1.29 is 4.92 Å². The topological polar surface area (TPSA) is 82.0 Å². The van der Waals surface area contributed by atoms with Gasteiger partial charge >= 0.3 is 5.69 Å². The standard InChI is InChI=1S/C5H4ClN3O2.2C2H6/c6-5-4(9(10)11)1-3(7)2-8-5;2*1-2/h1-2H,7H2;2*1-2H3. The van der Waals surface area contributed by atoms with Crippen molar-refractivity contribution >= 4 is 23.0 Å². The van der Waals surface area contributed by atoms with E-state index in [1.807, 2.05) is 27.7 Å². The maximum absolute atomic E-state index is 10.2. The molecule has 0 spiro atoms. The zero-order valence-corrected chi connectivity index (χ0v) is 10.1. The Bertz CT molecular complexity index is 305. The van der Waals surface area contributed by atoms with Crippen LogP contribution in [0.5, 0.6) is 0 Å². The number of nitrogen functional groups attached to an aromatic ring is 1. The summed E-state index contributed by atoms with van der Waals surface area (Å²) in [7, 11) is 0. The Morgan fingerprint density at radius 3 is 2.20 bits per heavy atom. The summed E-state index contributed by atoms with van der Waals surface area (Å²) in [5, 5.41) is 10.1. The second kappa shape index (κ2) is 9.21. The van der Waals surface area contributed by atoms with Crippen molar-refractivity contribution in [2.24, 2.45) is 0 Å². The highest BCUT2D eigenvalue weighted by atomic mass is 35.5. The van der Waals surface area contributed by atoms with Crippen molar-refractivity contribution in [2.45, 2.75) is 27.7 Å². The van der Waals surface area contributed by atoms with Crippen LogP contribution in [0.4, 0.5) is 11.4 Å². The number of halogens is 1. The summed E-state index contributed by atoms with van der Waals surface area (Å²) >= 11 is 5.38. The van der Waals surface area contributed by atoms with Gasteiger partial charge < -0.3 is 5.73 Å². The molecule has 6 heteroatoms. The van der Waals surface area contributed by atoms with Crippen LogP contribution in [0.1, 0.15) is 27.7 Å². The quantitative estimate of drug-likeness (QED) is 0.458. The van der Waals surface area contributed by atoms with Crippen LogP contribution < -0.4 is 5.73 Å². The smallest absolute Gasteiger partial charge is 0.308 e. The van der Waals surface area contributed by atoms with Crippen molar-refractivity contribution in [1.82, 2.24) is 4.98 Å². The molecule has 5 nitrogen and oxygen atoms in total. The first kappa shape index (κ1) is 16.1. The van der Waals surface area contributed by atoms with Gasteiger partial charge in [0.2, 0.25) is 5.15 Å². The van der Waals surface area contributed by atoms with E-state index in [9.17, 15) is 10.1 Å². The fraction of sp³-hybridized carbons (Fsp3) is 0.444. The summed E-state index contributed by atoms with van der Waals surface area (Å²) < 4.78 is 0. The van der Waals surface area contributed by atoms with Gasteiger partial charge in [-0.2, -0.15) is 0 Å². The van der Waals surface area contributed by atoms with Crippen LogP contribution in [0.15, 0.2) is 12.3 Å². The van der Waals surface area contributed by atoms with Gasteiger partial charge in [0.25, 0.3) is 0 Å². The van der Waals surface area contributed by atoms with E-state index in [1.54, 1.807) is 0 Å². The molecule has 0 aliphatic heterocycles. The third kappa shape index (κ3) is 5.85. The average Bonchev–Trinajstić information content (AvgIpc) is 2.27. The minimum Gasteiger partial charge on any atom is -0.397 e. The fourth-order valence-electron chi connectivity index (χ4n) is 0.580. The minimum absolute atomic E-state index is 0.149. The van der Waals surface area contributed by atoms with E-state index in [0.717, 1.165) is 6.07 Å². The van der Waals surface area contributed by atoms with Crippen molar-refractivity contribution in [1.29, 1.82) is 0 Å². The van der Waals surface area contributed by atoms with Gasteiger partial charge in [0.1, 0.15) is 0 Å². The van der Waals surface area contributed by atoms with Crippen LogP contribution in [-0.2, 0) is 0 Å². The third-order valence-electron chi connectivity index (χ3n) is 1.04. The number of rotatable bonds is 1. The van der Waals surface area contributed by atoms with Gasteiger partial charge in [-0.3, -0.25) is 10.1 Å². The molecule has 0 saturated heterocycles. The maximum atomic E-state index is 10.2. The number of nitro groups is 1. The van der Waals surface area contributed by atoms with E-state index in [4.69, 9.17) is 17.3 Å². The van der Waals surface area contributed by atoms with Gasteiger partial charge in [0, 0.05) is 6.07 Å². The number of nitrogens with two attached hydrogens (primary N) is 1. The van der Waals surface area contributed by atoms with E-state index in [2.05, 4.69) is 4.98 Å². The Hall–Kier alpha value is -1.36. The molecule has 1 rings (SSSR count). The summed E-state index contributed by atoms with van der Waals surface area (Å²) in [6.45, 7) is 8.00. The zero-order valence-electron chi connectivity index (χ0n) is 9.32. The van der Waals surface area contributed by atoms with E-state index >= 15 is 0 Å². The molecule has 0 aliphatic carbocycles. The maximum Gasteiger partial charge on any atom is 0.308 e. The zero-order chi connectivity index (χ0) is 12.4. The Morgan fingerprint density at radius 1 is 1.40 bits per heavy atom. The SMILES string of the molecule is CC.CC.Nc1cnc(Cl)c([N+](=O)[O-])c1. The molecule has 1 heterocycles. The second-order valence-corrected chi connectivity index (χ2v) is 2.19. The largest absolute Gasteiger partial charge is 0.397 e. The molecule has 0 unspecified atom stereocenters. The van der Waals surface area contributed by atoms with E-state index in [-0.39, 0.29) is 16.5 Å². The molecule has 2 N–H and O–H groups in total. The van der Waals surface area contributed by atoms with Gasteiger partial charge in [-0.25, -0.2) is 4.98 Å². The highest BCUT2D eigenvalue weighted by molar-refractivity contribution is 6.31. The number of pyridine rings is 1. The van der Waals surface area contributed by atoms with Crippen LogP contribution in [-0.4, -0.2) is 9.91 Å². The van der Waals surface area contributed by atoms with Crippen LogP contribution in [0.25, 0.3) is 0 Å². The Balaban J connectivity index is 0. The van der Waals surface area contributed by atoms with Crippen LogP contribution >= 0.6 is 11.6 Å². The predicted molar refractivity (Wildman–Crippen MR) is 63.0 cm³/mol. The second-order valence-electron chi connectivity index (χ2n) is 1.84. The Kier molecular flexibility index (Phi) is 9.87. The van der Waals surface area contributed by atoms with Gasteiger partial charge in [0.15, 0.2) is 0 Å². The lowest BCUT2D eigenvalue weighted by Crippen LogP contribution is -1.93. The normalized spacial score (nSPS) is 7.80. The summed E-state index contributed by atoms with van der Waals surface area (Å²) in [4.78, 5) is 13.1. The first-order valence-corrected chi connectivity index (χ1v) is 5.04. The molecule has 0 bridgehead atoms. The van der Waals surface area contributed by atoms with Crippen molar-refractivity contribution in [3.05, 3.63) is 27.5 Å². The van der Waals surface area contributed by atoms with Crippen molar-refractivity contribution in [2.75, 3.05) is 5.73 Å². The van der Waals surface area contributed by atoms with Gasteiger partial charge in [-0.1, -0.05) is 39.3 Å². The third-order valence-corrected chi connectivity index (χ3v) is 1.33. The summed E-state index contributed by atoms with van der Waals surface area (Å²) in [5.41, 5.74) is 5.19. The van der Waals surface area contributed by atoms with Crippen LogP contribution in [0.3, 0.4) is 0 Å². The molecule has 0 amide bonds. The van der Waals surface area contributed by atoms with Crippen LogP contribution in [0.2, 0.25) is 5.15 Å². The lowest BCUT2D eigenvalue weighted by Gasteiger charge is -1.94. The highest BCUT2D eigenvalue weighted by Gasteiger charge is 2.12. The number of nitrogens with zero attached hydrogens (tertiary/aromatic N) is 2. The molecule has 0 aliphatic rings. The monoisotopic (exact) mass is 233 g/mol. The summed E-state index contributed by atoms with van der Waals surface area (Å²) in [5.74, 6) is 0. The van der Waals surface area contributed by atoms with E-state index in [0.29, 0.717) is 0 Å². The van der Waals surface area contributed by atoms with E-state index < -0.39 is 4.92 Å². The highest BCUT2D eigenvalue weighted by Crippen LogP contribution is 2.22. The first-order chi connectivity index (χ1) is 7.11. The summed E-state index contributed by atoms with van der Waals surface area (Å²) in [6.07, 6.45) is 1.26. The average molecular weight is 234 g/mol. The lowest BCUT2D eigenvalue weighted by atomic mass is 10.4. The Labute approximate surface area is 94.4 Å². The molecule has 86 valence electrons. The number of hydrogen-bond acceptors (Lipinski definition) is 4. The van der Waals surface area contributed by atoms with Crippen molar-refractivity contribution in [3.8, 4) is 0 Å². The molecule has 0 saturated carbocycles. The minimum atomic E-state index is -0.633. The molecular weight excluding hydrogens is 218 g/mol. The van der Waals surface area contributed by atoms with E-state index in [1.165, 1.54) is 6.20 Å². The molecule has 15 heavy (non-hydrogen) atoms. The van der Waals surface area contributed by atoms with Gasteiger partial charge in [0.05, 0.1) is 16.8 Å². The lowest BCUT2D eigenvalue weighted by molar-refractivity contribution is -0.385. The number of anilines is 1. The van der Waals surface area contributed by atoms with Gasteiger partial charge in [-0.15, -0.1) is 0 Å². The first-order valence-electron chi connectivity index (χ1n) is 4.66. The Morgan fingerprint density at radius 2 is 1.87 bits per heavy atom. The van der Waals surface area contributed by atoms with Gasteiger partial charge in [-0.05, 0) is 0 Å². The fourth-order valence-corrected chi connectivity index (χ4v) is 0.752. The number of hydrogen-bond donors (Lipinski definition) is 1. The predicted octanol–water partition coefficient (Wildman–Crippen LogP) is 3.28. The molecule has 1 aromatic heterocycles. The molecule has 0 atom stereocenters. The van der Waals surface area contributed by atoms with Crippen molar-refractivity contribution in [3.63, 3.8) is 0 Å². The molecule has 0 radical (unpaired) electrons. The summed E-state index contributed by atoms with van der Waals surface area (Å²) in [6, 6.07) is 1.16.